The third-order valence-electron chi connectivity index (χ3n) is 4.08. The van der Waals surface area contributed by atoms with E-state index in [0.29, 0.717) is 0 Å². The van der Waals surface area contributed by atoms with Crippen LogP contribution in [-0.2, 0) is 0 Å². The van der Waals surface area contributed by atoms with Crippen LogP contribution in [0.1, 0.15) is 98.3 Å². The second kappa shape index (κ2) is 17.2. The molecule has 0 spiro atoms. The summed E-state index contributed by atoms with van der Waals surface area (Å²) in [6, 6.07) is 4.72. The van der Waals surface area contributed by atoms with Gasteiger partial charge in [0.05, 0.1) is 22.1 Å². The number of unbranched alkanes of at least 4 members (excludes halogenated alkanes) is 9. The normalized spacial score (nSPS) is 12.7. The minimum Gasteiger partial charge on any atom is -0.197 e. The summed E-state index contributed by atoms with van der Waals surface area (Å²) in [6.07, 6.45) is 14.4. The van der Waals surface area contributed by atoms with Gasteiger partial charge in [-0.2, -0.15) is 10.5 Å². The lowest BCUT2D eigenvalue weighted by atomic mass is 10.1. The van der Waals surface area contributed by atoms with E-state index in [2.05, 4.69) is 19.1 Å². The molecule has 0 aromatic carbocycles. The molecule has 26 heavy (non-hydrogen) atoms. The first-order chi connectivity index (χ1) is 12.5. The third-order valence-corrected chi connectivity index (χ3v) is 8.28. The molecule has 149 valence electrons. The molecule has 0 aliphatic carbocycles. The molecule has 1 unspecified atom stereocenters. The van der Waals surface area contributed by atoms with E-state index in [4.69, 9.17) is 0 Å². The number of nitriles is 2. The molecule has 0 rings (SSSR count). The Morgan fingerprint density at radius 3 is 1.88 bits per heavy atom. The number of rotatable bonds is 17. The fraction of sp³-hybridized carbons (Fsp3) is 0.857. The molecular formula is C21H37N2S3. The summed E-state index contributed by atoms with van der Waals surface area (Å²) in [5, 5.41) is 18.5. The Balaban J connectivity index is 3.92. The fourth-order valence-corrected chi connectivity index (χ4v) is 6.96. The highest BCUT2D eigenvalue weighted by molar-refractivity contribution is 8.37. The predicted octanol–water partition coefficient (Wildman–Crippen LogP) is 8.16. The summed E-state index contributed by atoms with van der Waals surface area (Å²) in [5.41, 5.74) is 0. The highest BCUT2D eigenvalue weighted by Gasteiger charge is 2.27. The van der Waals surface area contributed by atoms with Crippen molar-refractivity contribution in [3.8, 4) is 12.1 Å². The Labute approximate surface area is 175 Å². The third kappa shape index (κ3) is 15.1. The van der Waals surface area contributed by atoms with Crippen LogP contribution in [0, 0.1) is 26.6 Å². The van der Waals surface area contributed by atoms with Gasteiger partial charge >= 0.3 is 0 Å². The summed E-state index contributed by atoms with van der Waals surface area (Å²) in [5.74, 6) is 1.09. The Kier molecular flexibility index (Phi) is 17.2. The minimum atomic E-state index is -0.430. The maximum Gasteiger partial charge on any atom is 0.143 e. The van der Waals surface area contributed by atoms with Gasteiger partial charge in [0.2, 0.25) is 0 Å². The summed E-state index contributed by atoms with van der Waals surface area (Å²) < 4.78 is 0.752. The van der Waals surface area contributed by atoms with Crippen LogP contribution in [0.2, 0.25) is 0 Å². The first kappa shape index (κ1) is 26.0. The van der Waals surface area contributed by atoms with Gasteiger partial charge in [-0.05, 0) is 32.4 Å². The van der Waals surface area contributed by atoms with Crippen molar-refractivity contribution in [2.24, 2.45) is 0 Å². The molecular weight excluding hydrogens is 376 g/mol. The van der Waals surface area contributed by atoms with Gasteiger partial charge in [-0.25, -0.2) is 0 Å². The average Bonchev–Trinajstić information content (AvgIpc) is 2.63. The predicted molar refractivity (Wildman–Crippen MR) is 122 cm³/mol. The van der Waals surface area contributed by atoms with E-state index in [1.165, 1.54) is 68.1 Å². The quantitative estimate of drug-likeness (QED) is 0.225. The summed E-state index contributed by atoms with van der Waals surface area (Å²) in [6.45, 7) is 8.21. The number of hydrogen-bond donors (Lipinski definition) is 0. The lowest BCUT2D eigenvalue weighted by Gasteiger charge is -2.23. The number of hydrogen-bond acceptors (Lipinski definition) is 5. The van der Waals surface area contributed by atoms with Crippen molar-refractivity contribution in [3.63, 3.8) is 0 Å². The van der Waals surface area contributed by atoms with Crippen LogP contribution in [0.5, 0.6) is 0 Å². The van der Waals surface area contributed by atoms with Crippen LogP contribution in [0.3, 0.4) is 0 Å². The van der Waals surface area contributed by atoms with E-state index < -0.39 is 4.75 Å². The molecule has 1 radical (unpaired) electrons. The molecule has 0 saturated carbocycles. The molecule has 0 aromatic rings. The molecule has 0 amide bonds. The van der Waals surface area contributed by atoms with Gasteiger partial charge in [0.25, 0.3) is 0 Å². The summed E-state index contributed by atoms with van der Waals surface area (Å²) >= 11 is 5.10. The molecule has 0 heterocycles. The van der Waals surface area contributed by atoms with Gasteiger partial charge in [0.15, 0.2) is 0 Å². The zero-order chi connectivity index (χ0) is 19.7. The highest BCUT2D eigenvalue weighted by atomic mass is 32.3. The van der Waals surface area contributed by atoms with Crippen LogP contribution < -0.4 is 0 Å². The molecule has 0 aliphatic heterocycles. The van der Waals surface area contributed by atoms with Gasteiger partial charge in [-0.1, -0.05) is 71.6 Å². The Bertz CT molecular complexity index is 412. The molecule has 0 aliphatic rings. The van der Waals surface area contributed by atoms with E-state index in [1.54, 1.807) is 23.5 Å². The monoisotopic (exact) mass is 413 g/mol. The molecule has 2 nitrogen and oxygen atoms in total. The molecule has 5 heteroatoms. The smallest absolute Gasteiger partial charge is 0.143 e. The van der Waals surface area contributed by atoms with Gasteiger partial charge in [0.1, 0.15) is 3.91 Å². The van der Waals surface area contributed by atoms with Crippen LogP contribution in [0.4, 0.5) is 0 Å². The molecule has 0 bridgehead atoms. The first-order valence-corrected chi connectivity index (χ1v) is 12.8. The number of thioether (sulfide) groups is 3. The maximum atomic E-state index is 9.28. The lowest BCUT2D eigenvalue weighted by Crippen LogP contribution is -2.13. The molecule has 0 aromatic heterocycles. The first-order valence-electron chi connectivity index (χ1n) is 10.1. The van der Waals surface area contributed by atoms with Crippen molar-refractivity contribution >= 4 is 35.3 Å². The Morgan fingerprint density at radius 2 is 1.42 bits per heavy atom. The van der Waals surface area contributed by atoms with E-state index in [9.17, 15) is 10.5 Å². The van der Waals surface area contributed by atoms with Crippen molar-refractivity contribution < 1.29 is 0 Å². The second-order valence-electron chi connectivity index (χ2n) is 7.15. The largest absolute Gasteiger partial charge is 0.197 e. The zero-order valence-corrected chi connectivity index (χ0v) is 19.6. The van der Waals surface area contributed by atoms with Crippen LogP contribution in [0.25, 0.3) is 0 Å². The topological polar surface area (TPSA) is 47.6 Å². The lowest BCUT2D eigenvalue weighted by molar-refractivity contribution is 0.563. The van der Waals surface area contributed by atoms with Crippen LogP contribution in [0.15, 0.2) is 0 Å². The zero-order valence-electron chi connectivity index (χ0n) is 17.2. The molecule has 1 atom stereocenters. The Hall–Kier alpha value is 0.0300. The summed E-state index contributed by atoms with van der Waals surface area (Å²) in [7, 11) is 0. The van der Waals surface area contributed by atoms with Crippen molar-refractivity contribution in [2.75, 3.05) is 5.75 Å². The maximum absolute atomic E-state index is 9.28. The van der Waals surface area contributed by atoms with Gasteiger partial charge in [-0.15, -0.1) is 35.3 Å². The Morgan fingerprint density at radius 1 is 0.885 bits per heavy atom. The SMILES string of the molecule is CCCCCCCCCCCCS[C](SC(C#N)CC)SC(C)(C)C#N. The van der Waals surface area contributed by atoms with Crippen LogP contribution in [-0.4, -0.2) is 15.7 Å². The second-order valence-corrected chi connectivity index (χ2v) is 11.9. The van der Waals surface area contributed by atoms with Gasteiger partial charge < -0.3 is 0 Å². The minimum absolute atomic E-state index is 0.00722. The average molecular weight is 414 g/mol. The van der Waals surface area contributed by atoms with Crippen molar-refractivity contribution in [1.29, 1.82) is 10.5 Å². The van der Waals surface area contributed by atoms with E-state index in [0.717, 1.165) is 12.2 Å². The summed E-state index contributed by atoms with van der Waals surface area (Å²) in [4.78, 5) is 0. The standard InChI is InChI=1S/C21H37N2S3/c1-5-7-8-9-10-11-12-13-14-15-16-24-20(25-19(6-2)17-22)26-21(3,4)18-23/h19H,5-16H2,1-4H3. The van der Waals surface area contributed by atoms with Crippen molar-refractivity contribution in [2.45, 2.75) is 108 Å². The van der Waals surface area contributed by atoms with Crippen molar-refractivity contribution in [3.05, 3.63) is 3.91 Å². The van der Waals surface area contributed by atoms with Gasteiger partial charge in [-0.3, -0.25) is 0 Å². The fourth-order valence-electron chi connectivity index (χ4n) is 2.38. The van der Waals surface area contributed by atoms with Crippen molar-refractivity contribution in [1.82, 2.24) is 0 Å². The van der Waals surface area contributed by atoms with E-state index in [1.807, 2.05) is 32.5 Å². The molecule has 0 saturated heterocycles. The highest BCUT2D eigenvalue weighted by Crippen LogP contribution is 2.49. The van der Waals surface area contributed by atoms with Crippen LogP contribution >= 0.6 is 35.3 Å². The van der Waals surface area contributed by atoms with E-state index in [-0.39, 0.29) is 5.25 Å². The molecule has 0 N–H and O–H groups in total. The molecule has 0 fully saturated rings. The number of nitrogens with zero attached hydrogens (tertiary/aromatic N) is 2. The van der Waals surface area contributed by atoms with Gasteiger partial charge in [0, 0.05) is 0 Å². The van der Waals surface area contributed by atoms with E-state index >= 15 is 0 Å².